The van der Waals surface area contributed by atoms with E-state index in [0.29, 0.717) is 22.7 Å². The van der Waals surface area contributed by atoms with E-state index >= 15 is 0 Å². The molecule has 0 saturated heterocycles. The van der Waals surface area contributed by atoms with Gasteiger partial charge in [0.15, 0.2) is 6.10 Å². The zero-order valence-corrected chi connectivity index (χ0v) is 17.7. The molecule has 1 aliphatic rings. The van der Waals surface area contributed by atoms with Gasteiger partial charge in [0.1, 0.15) is 5.75 Å². The van der Waals surface area contributed by atoms with Gasteiger partial charge in [0.2, 0.25) is 0 Å². The number of nitrogens with one attached hydrogen (secondary N) is 2. The Labute approximate surface area is 176 Å². The van der Waals surface area contributed by atoms with Gasteiger partial charge >= 0.3 is 0 Å². The van der Waals surface area contributed by atoms with Crippen LogP contribution in [0, 0.1) is 13.8 Å². The highest BCUT2D eigenvalue weighted by atomic mass is 79.9. The van der Waals surface area contributed by atoms with Crippen molar-refractivity contribution >= 4 is 39.1 Å². The number of carbonyl (C=O) groups is 2. The summed E-state index contributed by atoms with van der Waals surface area (Å²) in [7, 11) is 0. The van der Waals surface area contributed by atoms with Crippen LogP contribution in [0.25, 0.3) is 5.69 Å². The zero-order valence-electron chi connectivity index (χ0n) is 16.1. The Kier molecular flexibility index (Phi) is 4.87. The van der Waals surface area contributed by atoms with Crippen molar-refractivity contribution in [2.24, 2.45) is 0 Å². The minimum Gasteiger partial charge on any atom is -0.479 e. The summed E-state index contributed by atoms with van der Waals surface area (Å²) in [5.41, 5.74) is 4.39. The highest BCUT2D eigenvalue weighted by molar-refractivity contribution is 9.10. The predicted molar refractivity (Wildman–Crippen MR) is 114 cm³/mol. The second-order valence-electron chi connectivity index (χ2n) is 6.86. The van der Waals surface area contributed by atoms with Crippen molar-refractivity contribution in [2.45, 2.75) is 26.9 Å². The van der Waals surface area contributed by atoms with Crippen LogP contribution in [-0.4, -0.2) is 27.7 Å². The quantitative estimate of drug-likeness (QED) is 0.620. The largest absolute Gasteiger partial charge is 0.479 e. The molecule has 3 aromatic rings. The zero-order chi connectivity index (χ0) is 20.7. The van der Waals surface area contributed by atoms with Crippen LogP contribution in [0.3, 0.4) is 0 Å². The summed E-state index contributed by atoms with van der Waals surface area (Å²) in [6.07, 6.45) is -0.538. The third kappa shape index (κ3) is 3.63. The molecular weight excluding hydrogens is 436 g/mol. The molecule has 1 aromatic heterocycles. The summed E-state index contributed by atoms with van der Waals surface area (Å²) in [6, 6.07) is 12.3. The van der Waals surface area contributed by atoms with E-state index in [4.69, 9.17) is 4.74 Å². The lowest BCUT2D eigenvalue weighted by Gasteiger charge is -2.23. The van der Waals surface area contributed by atoms with Crippen molar-refractivity contribution in [1.82, 2.24) is 9.78 Å². The van der Waals surface area contributed by atoms with E-state index < -0.39 is 6.10 Å². The molecule has 4 rings (SSSR count). The van der Waals surface area contributed by atoms with Crippen molar-refractivity contribution in [2.75, 3.05) is 10.6 Å². The van der Waals surface area contributed by atoms with E-state index in [1.165, 1.54) is 0 Å². The van der Waals surface area contributed by atoms with Crippen LogP contribution < -0.4 is 15.4 Å². The predicted octanol–water partition coefficient (Wildman–Crippen LogP) is 4.22. The summed E-state index contributed by atoms with van der Waals surface area (Å²) in [5.74, 6) is 0.116. The molecule has 0 spiro atoms. The second-order valence-corrected chi connectivity index (χ2v) is 7.65. The molecule has 2 amide bonds. The van der Waals surface area contributed by atoms with Crippen LogP contribution >= 0.6 is 15.9 Å². The van der Waals surface area contributed by atoms with Crippen molar-refractivity contribution in [3.63, 3.8) is 0 Å². The molecule has 0 saturated carbocycles. The standard InChI is InChI=1S/C21H19BrN4O3/c1-11-19(22)12(2)26(25-11)16-7-4-14(5-8-16)21(28)23-15-6-9-18-17(10-15)24-20(27)13(3)29-18/h4-10,13H,1-3H3,(H,23,28)(H,24,27). The van der Waals surface area contributed by atoms with Crippen LogP contribution in [0.4, 0.5) is 11.4 Å². The normalized spacial score (nSPS) is 15.3. The molecule has 2 N–H and O–H groups in total. The van der Waals surface area contributed by atoms with Crippen molar-refractivity contribution in [3.8, 4) is 11.4 Å². The molecule has 1 unspecified atom stereocenters. The maximum atomic E-state index is 12.6. The lowest BCUT2D eigenvalue weighted by atomic mass is 10.1. The van der Waals surface area contributed by atoms with Gasteiger partial charge in [0, 0.05) is 11.3 Å². The number of carbonyl (C=O) groups excluding carboxylic acids is 2. The van der Waals surface area contributed by atoms with Crippen LogP contribution in [0.5, 0.6) is 5.75 Å². The number of aromatic nitrogens is 2. The maximum absolute atomic E-state index is 12.6. The van der Waals surface area contributed by atoms with E-state index in [9.17, 15) is 9.59 Å². The van der Waals surface area contributed by atoms with Gasteiger partial charge in [0.05, 0.1) is 27.2 Å². The van der Waals surface area contributed by atoms with Gasteiger partial charge in [-0.3, -0.25) is 9.59 Å². The highest BCUT2D eigenvalue weighted by Crippen LogP contribution is 2.32. The molecule has 2 heterocycles. The maximum Gasteiger partial charge on any atom is 0.265 e. The van der Waals surface area contributed by atoms with Gasteiger partial charge in [-0.2, -0.15) is 5.10 Å². The fraction of sp³-hybridized carbons (Fsp3) is 0.190. The van der Waals surface area contributed by atoms with Gasteiger partial charge in [0.25, 0.3) is 11.8 Å². The lowest BCUT2D eigenvalue weighted by molar-refractivity contribution is -0.122. The minimum atomic E-state index is -0.538. The molecular formula is C21H19BrN4O3. The summed E-state index contributed by atoms with van der Waals surface area (Å²) >= 11 is 3.52. The average Bonchev–Trinajstić information content (AvgIpc) is 2.96. The van der Waals surface area contributed by atoms with Crippen molar-refractivity contribution < 1.29 is 14.3 Å². The van der Waals surface area contributed by atoms with Crippen LogP contribution in [0.15, 0.2) is 46.9 Å². The monoisotopic (exact) mass is 454 g/mol. The lowest BCUT2D eigenvalue weighted by Crippen LogP contribution is -2.34. The molecule has 148 valence electrons. The highest BCUT2D eigenvalue weighted by Gasteiger charge is 2.23. The minimum absolute atomic E-state index is 0.215. The van der Waals surface area contributed by atoms with Gasteiger partial charge in [-0.25, -0.2) is 4.68 Å². The number of halogens is 1. The molecule has 7 nitrogen and oxygen atoms in total. The second kappa shape index (κ2) is 7.36. The molecule has 1 aliphatic heterocycles. The SMILES string of the molecule is Cc1nn(-c2ccc(C(=O)Nc3ccc4c(c3)NC(=O)C(C)O4)cc2)c(C)c1Br. The smallest absolute Gasteiger partial charge is 0.265 e. The number of benzene rings is 2. The number of nitrogens with zero attached hydrogens (tertiary/aromatic N) is 2. The fourth-order valence-electron chi connectivity index (χ4n) is 3.12. The molecule has 8 heteroatoms. The molecule has 0 fully saturated rings. The Hall–Kier alpha value is -3.13. The molecule has 2 aromatic carbocycles. The molecule has 0 aliphatic carbocycles. The van der Waals surface area contributed by atoms with E-state index in [2.05, 4.69) is 31.7 Å². The average molecular weight is 455 g/mol. The third-order valence-electron chi connectivity index (χ3n) is 4.75. The first-order valence-electron chi connectivity index (χ1n) is 9.08. The summed E-state index contributed by atoms with van der Waals surface area (Å²) in [5, 5.41) is 10.1. The van der Waals surface area contributed by atoms with Crippen molar-refractivity contribution in [3.05, 3.63) is 63.9 Å². The number of rotatable bonds is 3. The number of ether oxygens (including phenoxy) is 1. The van der Waals surface area contributed by atoms with Crippen molar-refractivity contribution in [1.29, 1.82) is 0 Å². The van der Waals surface area contributed by atoms with Gasteiger partial charge in [-0.15, -0.1) is 0 Å². The van der Waals surface area contributed by atoms with Gasteiger partial charge in [-0.1, -0.05) is 0 Å². The van der Waals surface area contributed by atoms with E-state index in [1.807, 2.05) is 30.7 Å². The van der Waals surface area contributed by atoms with E-state index in [0.717, 1.165) is 21.5 Å². The van der Waals surface area contributed by atoms with Crippen LogP contribution in [-0.2, 0) is 4.79 Å². The topological polar surface area (TPSA) is 85.3 Å². The number of anilines is 2. The Morgan fingerprint density at radius 3 is 2.59 bits per heavy atom. The first-order valence-corrected chi connectivity index (χ1v) is 9.88. The van der Waals surface area contributed by atoms with Gasteiger partial charge in [-0.05, 0) is 79.2 Å². The van der Waals surface area contributed by atoms with E-state index in [-0.39, 0.29) is 11.8 Å². The Morgan fingerprint density at radius 2 is 1.93 bits per heavy atom. The summed E-state index contributed by atoms with van der Waals surface area (Å²) in [4.78, 5) is 24.4. The molecule has 0 radical (unpaired) electrons. The number of aryl methyl sites for hydroxylation is 1. The van der Waals surface area contributed by atoms with Gasteiger partial charge < -0.3 is 15.4 Å². The Morgan fingerprint density at radius 1 is 1.21 bits per heavy atom. The van der Waals surface area contributed by atoms with Crippen LogP contribution in [0.1, 0.15) is 28.7 Å². The number of fused-ring (bicyclic) bond motifs is 1. The first kappa shape index (κ1) is 19.2. The Bertz CT molecular complexity index is 1120. The Balaban J connectivity index is 1.51. The number of hydrogen-bond donors (Lipinski definition) is 2. The first-order chi connectivity index (χ1) is 13.8. The molecule has 0 bridgehead atoms. The number of hydrogen-bond acceptors (Lipinski definition) is 4. The van der Waals surface area contributed by atoms with Crippen LogP contribution in [0.2, 0.25) is 0 Å². The summed E-state index contributed by atoms with van der Waals surface area (Å²) in [6.45, 7) is 5.59. The third-order valence-corrected chi connectivity index (χ3v) is 5.89. The molecule has 29 heavy (non-hydrogen) atoms. The van der Waals surface area contributed by atoms with E-state index in [1.54, 1.807) is 37.3 Å². The fourth-order valence-corrected chi connectivity index (χ4v) is 3.37. The summed E-state index contributed by atoms with van der Waals surface area (Å²) < 4.78 is 8.32. The number of amides is 2. The molecule has 1 atom stereocenters.